The highest BCUT2D eigenvalue weighted by molar-refractivity contribution is 6.30. The molecule has 3 heteroatoms. The van der Waals surface area contributed by atoms with Gasteiger partial charge in [0.1, 0.15) is 0 Å². The van der Waals surface area contributed by atoms with Crippen LogP contribution in [0.4, 0.5) is 0 Å². The number of benzene rings is 1. The molecule has 1 saturated carbocycles. The molecule has 2 unspecified atom stereocenters. The first-order valence-electron chi connectivity index (χ1n) is 7.71. The molecule has 20 heavy (non-hydrogen) atoms. The van der Waals surface area contributed by atoms with E-state index in [4.69, 9.17) is 11.6 Å². The highest BCUT2D eigenvalue weighted by Gasteiger charge is 2.33. The molecule has 1 aromatic rings. The Morgan fingerprint density at radius 2 is 1.95 bits per heavy atom. The first kappa shape index (κ1) is 15.8. The van der Waals surface area contributed by atoms with Gasteiger partial charge in [0.25, 0.3) is 0 Å². The molecule has 0 heterocycles. The highest BCUT2D eigenvalue weighted by atomic mass is 35.5. The lowest BCUT2D eigenvalue weighted by Crippen LogP contribution is -2.48. The molecule has 0 spiro atoms. The lowest BCUT2D eigenvalue weighted by atomic mass is 9.78. The Balaban J connectivity index is 1.77. The first-order chi connectivity index (χ1) is 9.56. The van der Waals surface area contributed by atoms with E-state index < -0.39 is 0 Å². The van der Waals surface area contributed by atoms with E-state index >= 15 is 0 Å². The van der Waals surface area contributed by atoms with Gasteiger partial charge in [-0.2, -0.15) is 0 Å². The van der Waals surface area contributed by atoms with Gasteiger partial charge >= 0.3 is 0 Å². The van der Waals surface area contributed by atoms with Gasteiger partial charge in [-0.15, -0.1) is 0 Å². The Labute approximate surface area is 128 Å². The molecular formula is C17H27ClN2. The topological polar surface area (TPSA) is 15.3 Å². The van der Waals surface area contributed by atoms with Crippen molar-refractivity contribution in [2.75, 3.05) is 20.1 Å². The van der Waals surface area contributed by atoms with Crippen LogP contribution in [0.3, 0.4) is 0 Å². The molecule has 0 amide bonds. The monoisotopic (exact) mass is 294 g/mol. The van der Waals surface area contributed by atoms with Gasteiger partial charge < -0.3 is 5.32 Å². The Bertz CT molecular complexity index is 402. The molecule has 2 atom stereocenters. The third-order valence-corrected chi connectivity index (χ3v) is 4.50. The summed E-state index contributed by atoms with van der Waals surface area (Å²) in [5.41, 5.74) is 1.35. The Morgan fingerprint density at radius 1 is 1.25 bits per heavy atom. The molecular weight excluding hydrogens is 268 g/mol. The lowest BCUT2D eigenvalue weighted by molar-refractivity contribution is 0.0776. The van der Waals surface area contributed by atoms with E-state index in [0.717, 1.165) is 42.5 Å². The summed E-state index contributed by atoms with van der Waals surface area (Å²) >= 11 is 5.93. The maximum absolute atomic E-state index is 5.93. The Morgan fingerprint density at radius 3 is 2.50 bits per heavy atom. The van der Waals surface area contributed by atoms with Crippen molar-refractivity contribution in [1.29, 1.82) is 0 Å². The van der Waals surface area contributed by atoms with Crippen LogP contribution in [0.25, 0.3) is 0 Å². The SMILES string of the molecule is CC(C)CNCC1CCC1N(C)Cc1ccc(Cl)cc1. The first-order valence-corrected chi connectivity index (χ1v) is 8.09. The molecule has 2 rings (SSSR count). The smallest absolute Gasteiger partial charge is 0.0406 e. The van der Waals surface area contributed by atoms with Crippen molar-refractivity contribution in [2.45, 2.75) is 39.3 Å². The summed E-state index contributed by atoms with van der Waals surface area (Å²) in [6.07, 6.45) is 2.69. The fourth-order valence-corrected chi connectivity index (χ4v) is 3.05. The number of hydrogen-bond donors (Lipinski definition) is 1. The zero-order valence-corrected chi connectivity index (χ0v) is 13.7. The summed E-state index contributed by atoms with van der Waals surface area (Å²) in [5, 5.41) is 4.41. The zero-order chi connectivity index (χ0) is 14.5. The van der Waals surface area contributed by atoms with Crippen molar-refractivity contribution in [3.05, 3.63) is 34.9 Å². The fourth-order valence-electron chi connectivity index (χ4n) is 2.92. The zero-order valence-electron chi connectivity index (χ0n) is 12.9. The van der Waals surface area contributed by atoms with Crippen LogP contribution in [0.1, 0.15) is 32.3 Å². The highest BCUT2D eigenvalue weighted by Crippen LogP contribution is 2.31. The van der Waals surface area contributed by atoms with E-state index in [-0.39, 0.29) is 0 Å². The second kappa shape index (κ2) is 7.44. The average molecular weight is 295 g/mol. The third kappa shape index (κ3) is 4.47. The predicted molar refractivity (Wildman–Crippen MR) is 87.1 cm³/mol. The van der Waals surface area contributed by atoms with Crippen molar-refractivity contribution < 1.29 is 0 Å². The summed E-state index contributed by atoms with van der Waals surface area (Å²) in [7, 11) is 2.24. The standard InChI is InChI=1S/C17H27ClN2/c1-13(2)10-19-11-15-6-9-17(15)20(3)12-14-4-7-16(18)8-5-14/h4-5,7-8,13,15,17,19H,6,9-12H2,1-3H3. The second-order valence-electron chi connectivity index (χ2n) is 6.50. The molecule has 1 N–H and O–H groups in total. The van der Waals surface area contributed by atoms with Crippen LogP contribution in [0, 0.1) is 11.8 Å². The Kier molecular flexibility index (Phi) is 5.88. The van der Waals surface area contributed by atoms with E-state index in [1.807, 2.05) is 12.1 Å². The molecule has 0 radical (unpaired) electrons. The molecule has 2 nitrogen and oxygen atoms in total. The van der Waals surface area contributed by atoms with Crippen molar-refractivity contribution in [3.8, 4) is 0 Å². The largest absolute Gasteiger partial charge is 0.316 e. The minimum Gasteiger partial charge on any atom is -0.316 e. The molecule has 112 valence electrons. The molecule has 1 aliphatic rings. The summed E-state index contributed by atoms with van der Waals surface area (Å²) in [4.78, 5) is 2.49. The Hall–Kier alpha value is -0.570. The fraction of sp³-hybridized carbons (Fsp3) is 0.647. The van der Waals surface area contributed by atoms with Crippen molar-refractivity contribution in [3.63, 3.8) is 0 Å². The normalized spacial score (nSPS) is 22.3. The van der Waals surface area contributed by atoms with Gasteiger partial charge in [-0.05, 0) is 62.5 Å². The third-order valence-electron chi connectivity index (χ3n) is 4.25. The number of nitrogens with one attached hydrogen (secondary N) is 1. The van der Waals surface area contributed by atoms with Crippen LogP contribution in [0.2, 0.25) is 5.02 Å². The van der Waals surface area contributed by atoms with Crippen molar-refractivity contribution in [1.82, 2.24) is 10.2 Å². The summed E-state index contributed by atoms with van der Waals surface area (Å²) in [5.74, 6) is 1.55. The molecule has 0 aliphatic heterocycles. The van der Waals surface area contributed by atoms with Crippen LogP contribution in [-0.4, -0.2) is 31.1 Å². The van der Waals surface area contributed by atoms with Gasteiger partial charge in [-0.1, -0.05) is 37.6 Å². The molecule has 1 fully saturated rings. The van der Waals surface area contributed by atoms with Crippen LogP contribution in [0.15, 0.2) is 24.3 Å². The number of hydrogen-bond acceptors (Lipinski definition) is 2. The maximum atomic E-state index is 5.93. The van der Waals surface area contributed by atoms with E-state index in [1.54, 1.807) is 0 Å². The van der Waals surface area contributed by atoms with E-state index in [9.17, 15) is 0 Å². The van der Waals surface area contributed by atoms with Crippen LogP contribution < -0.4 is 5.32 Å². The summed E-state index contributed by atoms with van der Waals surface area (Å²) in [6.45, 7) is 7.83. The average Bonchev–Trinajstić information content (AvgIpc) is 2.35. The van der Waals surface area contributed by atoms with Crippen LogP contribution in [0.5, 0.6) is 0 Å². The van der Waals surface area contributed by atoms with E-state index in [1.165, 1.54) is 18.4 Å². The van der Waals surface area contributed by atoms with Crippen LogP contribution >= 0.6 is 11.6 Å². The minimum absolute atomic E-state index is 0.727. The molecule has 0 saturated heterocycles. The summed E-state index contributed by atoms with van der Waals surface area (Å²) in [6, 6.07) is 8.94. The lowest BCUT2D eigenvalue weighted by Gasteiger charge is -2.43. The van der Waals surface area contributed by atoms with Gasteiger partial charge in [0.15, 0.2) is 0 Å². The van der Waals surface area contributed by atoms with Gasteiger partial charge in [0.2, 0.25) is 0 Å². The number of rotatable bonds is 7. The van der Waals surface area contributed by atoms with Crippen LogP contribution in [-0.2, 0) is 6.54 Å². The molecule has 1 aliphatic carbocycles. The van der Waals surface area contributed by atoms with Gasteiger partial charge in [0.05, 0.1) is 0 Å². The molecule has 0 bridgehead atoms. The van der Waals surface area contributed by atoms with Crippen molar-refractivity contribution in [2.24, 2.45) is 11.8 Å². The van der Waals surface area contributed by atoms with E-state index in [2.05, 4.69) is 43.2 Å². The van der Waals surface area contributed by atoms with E-state index in [0.29, 0.717) is 0 Å². The number of halogens is 1. The quantitative estimate of drug-likeness (QED) is 0.823. The van der Waals surface area contributed by atoms with Gasteiger partial charge in [-0.3, -0.25) is 4.90 Å². The molecule has 0 aromatic heterocycles. The molecule has 1 aromatic carbocycles. The second-order valence-corrected chi connectivity index (χ2v) is 6.93. The summed E-state index contributed by atoms with van der Waals surface area (Å²) < 4.78 is 0. The minimum atomic E-state index is 0.727. The predicted octanol–water partition coefficient (Wildman–Crippen LogP) is 3.80. The van der Waals surface area contributed by atoms with Gasteiger partial charge in [-0.25, -0.2) is 0 Å². The van der Waals surface area contributed by atoms with Gasteiger partial charge in [0, 0.05) is 17.6 Å². The van der Waals surface area contributed by atoms with Crippen molar-refractivity contribution >= 4 is 11.6 Å². The maximum Gasteiger partial charge on any atom is 0.0406 e. The number of nitrogens with zero attached hydrogens (tertiary/aromatic N) is 1.